The maximum atomic E-state index is 13.1. The molecule has 5 N–H and O–H groups in total. The second-order valence-electron chi connectivity index (χ2n) is 7.45. The van der Waals surface area contributed by atoms with E-state index in [-0.39, 0.29) is 32.3 Å². The standard InChI is InChI=1S/C21H23ClN4O5S/c22-17-6-5-13(12-18(17)32(30,31)26-7-3-1-2-4-8-26)21(29)25-16-10-14(19(23)27)9-15(11-16)20(24)28/h5-6,9-12H,1-4,7-8H2,(H2,23,27)(H2,24,28)(H,25,29). The molecule has 3 rings (SSSR count). The highest BCUT2D eigenvalue weighted by Crippen LogP contribution is 2.28. The van der Waals surface area contributed by atoms with Crippen molar-refractivity contribution in [3.63, 3.8) is 0 Å². The Bertz CT molecular complexity index is 1140. The molecule has 32 heavy (non-hydrogen) atoms. The molecule has 1 fully saturated rings. The Balaban J connectivity index is 1.92. The van der Waals surface area contributed by atoms with Gasteiger partial charge in [0.25, 0.3) is 5.91 Å². The third-order valence-corrected chi connectivity index (χ3v) is 7.52. The minimum atomic E-state index is -3.88. The fourth-order valence-corrected chi connectivity index (χ4v) is 5.47. The van der Waals surface area contributed by atoms with Crippen LogP contribution in [0.5, 0.6) is 0 Å². The lowest BCUT2D eigenvalue weighted by atomic mass is 10.1. The number of halogens is 1. The third-order valence-electron chi connectivity index (χ3n) is 5.14. The Morgan fingerprint density at radius 2 is 1.41 bits per heavy atom. The Kier molecular flexibility index (Phi) is 7.17. The molecular weight excluding hydrogens is 456 g/mol. The highest BCUT2D eigenvalue weighted by molar-refractivity contribution is 7.89. The van der Waals surface area contributed by atoms with Crippen molar-refractivity contribution in [2.75, 3.05) is 18.4 Å². The predicted octanol–water partition coefficient (Wildman–Crippen LogP) is 2.35. The molecule has 0 aliphatic carbocycles. The molecule has 9 nitrogen and oxygen atoms in total. The van der Waals surface area contributed by atoms with Gasteiger partial charge in [-0.05, 0) is 49.2 Å². The summed E-state index contributed by atoms with van der Waals surface area (Å²) in [6.07, 6.45) is 3.44. The lowest BCUT2D eigenvalue weighted by Crippen LogP contribution is -2.32. The van der Waals surface area contributed by atoms with Crippen molar-refractivity contribution in [3.8, 4) is 0 Å². The van der Waals surface area contributed by atoms with Gasteiger partial charge in [0.1, 0.15) is 4.90 Å². The minimum absolute atomic E-state index is 0.0116. The number of amides is 3. The summed E-state index contributed by atoms with van der Waals surface area (Å²) in [6.45, 7) is 0.787. The van der Waals surface area contributed by atoms with E-state index in [2.05, 4.69) is 5.32 Å². The number of carbonyl (C=O) groups excluding carboxylic acids is 3. The summed E-state index contributed by atoms with van der Waals surface area (Å²) in [6, 6.07) is 7.73. The third kappa shape index (κ3) is 5.26. The van der Waals surface area contributed by atoms with E-state index in [9.17, 15) is 22.8 Å². The summed E-state index contributed by atoms with van der Waals surface area (Å²) in [5, 5.41) is 2.54. The van der Waals surface area contributed by atoms with Gasteiger partial charge in [0, 0.05) is 35.5 Å². The number of sulfonamides is 1. The summed E-state index contributed by atoms with van der Waals surface area (Å²) in [4.78, 5) is 35.7. The zero-order valence-electron chi connectivity index (χ0n) is 17.1. The molecule has 11 heteroatoms. The van der Waals surface area contributed by atoms with Gasteiger partial charge >= 0.3 is 0 Å². The molecule has 2 aromatic carbocycles. The number of nitrogens with zero attached hydrogens (tertiary/aromatic N) is 1. The summed E-state index contributed by atoms with van der Waals surface area (Å²) in [5.74, 6) is -2.27. The lowest BCUT2D eigenvalue weighted by molar-refractivity contribution is 0.0994. The number of hydrogen-bond acceptors (Lipinski definition) is 5. The Morgan fingerprint density at radius 1 is 0.844 bits per heavy atom. The molecule has 3 amide bonds. The first-order valence-electron chi connectivity index (χ1n) is 9.95. The van der Waals surface area contributed by atoms with Crippen LogP contribution in [0.3, 0.4) is 0 Å². The SMILES string of the molecule is NC(=O)c1cc(NC(=O)c2ccc(Cl)c(S(=O)(=O)N3CCCCCC3)c2)cc(C(N)=O)c1. The van der Waals surface area contributed by atoms with Crippen molar-refractivity contribution in [2.24, 2.45) is 11.5 Å². The average Bonchev–Trinajstić information content (AvgIpc) is 3.03. The zero-order valence-corrected chi connectivity index (χ0v) is 18.7. The van der Waals surface area contributed by atoms with Gasteiger partial charge in [-0.3, -0.25) is 14.4 Å². The van der Waals surface area contributed by atoms with Gasteiger partial charge in [-0.25, -0.2) is 8.42 Å². The molecule has 0 unspecified atom stereocenters. The number of benzene rings is 2. The van der Waals surface area contributed by atoms with Crippen molar-refractivity contribution < 1.29 is 22.8 Å². The van der Waals surface area contributed by atoms with E-state index in [0.717, 1.165) is 25.7 Å². The van der Waals surface area contributed by atoms with Crippen LogP contribution in [-0.2, 0) is 10.0 Å². The molecular formula is C21H23ClN4O5S. The molecule has 1 aliphatic rings. The summed E-state index contributed by atoms with van der Waals surface area (Å²) in [7, 11) is -3.88. The number of primary amides is 2. The van der Waals surface area contributed by atoms with Gasteiger partial charge in [0.2, 0.25) is 21.8 Å². The smallest absolute Gasteiger partial charge is 0.255 e. The van der Waals surface area contributed by atoms with E-state index in [4.69, 9.17) is 23.1 Å². The van der Waals surface area contributed by atoms with E-state index in [1.54, 1.807) is 0 Å². The van der Waals surface area contributed by atoms with Crippen LogP contribution >= 0.6 is 11.6 Å². The van der Waals surface area contributed by atoms with Crippen LogP contribution in [0.25, 0.3) is 0 Å². The quantitative estimate of drug-likeness (QED) is 0.581. The normalized spacial score (nSPS) is 15.0. The van der Waals surface area contributed by atoms with Gasteiger partial charge < -0.3 is 16.8 Å². The number of nitrogens with two attached hydrogens (primary N) is 2. The molecule has 0 aromatic heterocycles. The lowest BCUT2D eigenvalue weighted by Gasteiger charge is -2.21. The van der Waals surface area contributed by atoms with Gasteiger partial charge in [-0.1, -0.05) is 24.4 Å². The molecule has 1 heterocycles. The van der Waals surface area contributed by atoms with Crippen LogP contribution in [0.15, 0.2) is 41.3 Å². The van der Waals surface area contributed by atoms with Gasteiger partial charge in [0.15, 0.2) is 0 Å². The molecule has 0 radical (unpaired) electrons. The van der Waals surface area contributed by atoms with E-state index < -0.39 is 27.7 Å². The Hall–Kier alpha value is -2.95. The zero-order chi connectivity index (χ0) is 23.5. The Labute approximate surface area is 190 Å². The second kappa shape index (κ2) is 9.68. The second-order valence-corrected chi connectivity index (χ2v) is 9.76. The fourth-order valence-electron chi connectivity index (χ4n) is 3.45. The van der Waals surface area contributed by atoms with Crippen LogP contribution in [0, 0.1) is 0 Å². The van der Waals surface area contributed by atoms with Crippen molar-refractivity contribution in [2.45, 2.75) is 30.6 Å². The highest BCUT2D eigenvalue weighted by Gasteiger charge is 2.28. The number of rotatable bonds is 6. The first-order chi connectivity index (χ1) is 15.1. The van der Waals surface area contributed by atoms with E-state index >= 15 is 0 Å². The molecule has 0 spiro atoms. The molecule has 1 saturated heterocycles. The number of carbonyl (C=O) groups is 3. The molecule has 0 saturated carbocycles. The molecule has 2 aromatic rings. The summed E-state index contributed by atoms with van der Waals surface area (Å²) in [5.41, 5.74) is 10.6. The van der Waals surface area contributed by atoms with Gasteiger partial charge in [-0.15, -0.1) is 0 Å². The monoisotopic (exact) mass is 478 g/mol. The molecule has 170 valence electrons. The van der Waals surface area contributed by atoms with E-state index in [1.165, 1.54) is 40.7 Å². The first-order valence-corrected chi connectivity index (χ1v) is 11.8. The Morgan fingerprint density at radius 3 is 1.94 bits per heavy atom. The fraction of sp³-hybridized carbons (Fsp3) is 0.286. The first kappa shape index (κ1) is 23.7. The summed E-state index contributed by atoms with van der Waals surface area (Å²) < 4.78 is 27.7. The maximum Gasteiger partial charge on any atom is 0.255 e. The van der Waals surface area contributed by atoms with Gasteiger partial charge in [0.05, 0.1) is 5.02 Å². The highest BCUT2D eigenvalue weighted by atomic mass is 35.5. The van der Waals surface area contributed by atoms with Crippen molar-refractivity contribution in [1.29, 1.82) is 0 Å². The molecule has 1 aliphatic heterocycles. The number of hydrogen-bond donors (Lipinski definition) is 3. The average molecular weight is 479 g/mol. The van der Waals surface area contributed by atoms with E-state index in [1.807, 2.05) is 0 Å². The van der Waals surface area contributed by atoms with Crippen LogP contribution in [0.2, 0.25) is 5.02 Å². The predicted molar refractivity (Wildman–Crippen MR) is 120 cm³/mol. The number of anilines is 1. The number of nitrogens with one attached hydrogen (secondary N) is 1. The maximum absolute atomic E-state index is 13.1. The topological polar surface area (TPSA) is 153 Å². The van der Waals surface area contributed by atoms with Gasteiger partial charge in [-0.2, -0.15) is 4.31 Å². The van der Waals surface area contributed by atoms with Crippen molar-refractivity contribution in [1.82, 2.24) is 4.31 Å². The van der Waals surface area contributed by atoms with Crippen molar-refractivity contribution in [3.05, 3.63) is 58.1 Å². The molecule has 0 bridgehead atoms. The van der Waals surface area contributed by atoms with Crippen LogP contribution in [0.4, 0.5) is 5.69 Å². The van der Waals surface area contributed by atoms with Crippen LogP contribution in [-0.4, -0.2) is 43.5 Å². The van der Waals surface area contributed by atoms with Crippen LogP contribution in [0.1, 0.15) is 56.8 Å². The van der Waals surface area contributed by atoms with Crippen LogP contribution < -0.4 is 16.8 Å². The van der Waals surface area contributed by atoms with E-state index in [0.29, 0.717) is 13.1 Å². The van der Waals surface area contributed by atoms with Crippen molar-refractivity contribution >= 4 is 45.0 Å². The largest absolute Gasteiger partial charge is 0.366 e. The molecule has 0 atom stereocenters. The summed E-state index contributed by atoms with van der Waals surface area (Å²) >= 11 is 6.18. The minimum Gasteiger partial charge on any atom is -0.366 e.